The molecule has 0 radical (unpaired) electrons. The molecule has 2 N–H and O–H groups in total. The van der Waals surface area contributed by atoms with Crippen molar-refractivity contribution in [1.29, 1.82) is 0 Å². The largest absolute Gasteiger partial charge is 0.356 e. The summed E-state index contributed by atoms with van der Waals surface area (Å²) in [5.74, 6) is -0.192. The molecule has 2 aromatic carbocycles. The van der Waals surface area contributed by atoms with Crippen LogP contribution in [0.4, 0.5) is 4.39 Å². The first kappa shape index (κ1) is 13.5. The van der Waals surface area contributed by atoms with Gasteiger partial charge in [0.25, 0.3) is 0 Å². The van der Waals surface area contributed by atoms with Crippen LogP contribution in [0, 0.1) is 19.7 Å². The van der Waals surface area contributed by atoms with Crippen molar-refractivity contribution < 1.29 is 4.39 Å². The molecule has 3 heteroatoms. The molecule has 0 saturated carbocycles. The average molecular weight is 294 g/mol. The minimum Gasteiger partial charge on any atom is -0.356 e. The predicted molar refractivity (Wildman–Crippen MR) is 87.7 cm³/mol. The van der Waals surface area contributed by atoms with E-state index < -0.39 is 0 Å². The maximum absolute atomic E-state index is 13.2. The first-order valence-corrected chi connectivity index (χ1v) is 7.74. The maximum atomic E-state index is 13.2. The van der Waals surface area contributed by atoms with Gasteiger partial charge in [0.15, 0.2) is 0 Å². The molecule has 0 fully saturated rings. The molecule has 22 heavy (non-hydrogen) atoms. The van der Waals surface area contributed by atoms with Crippen LogP contribution in [0.5, 0.6) is 0 Å². The van der Waals surface area contributed by atoms with E-state index in [-0.39, 0.29) is 11.9 Å². The van der Waals surface area contributed by atoms with Crippen molar-refractivity contribution >= 4 is 10.9 Å². The molecule has 0 spiro atoms. The van der Waals surface area contributed by atoms with Crippen molar-refractivity contribution in [3.63, 3.8) is 0 Å². The van der Waals surface area contributed by atoms with Gasteiger partial charge in [-0.25, -0.2) is 4.39 Å². The standard InChI is InChI=1S/C19H19FN2/c1-11-9-12(2)17-16(10-11)15-7-8-21-18(19(15)22-17)13-3-5-14(20)6-4-13/h3-6,9-10,18,21-22H,7-8H2,1-2H3. The maximum Gasteiger partial charge on any atom is 0.123 e. The number of hydrogen-bond acceptors (Lipinski definition) is 1. The fourth-order valence-electron chi connectivity index (χ4n) is 3.63. The number of benzene rings is 2. The number of hydrogen-bond donors (Lipinski definition) is 2. The van der Waals surface area contributed by atoms with E-state index in [2.05, 4.69) is 36.3 Å². The van der Waals surface area contributed by atoms with Crippen LogP contribution in [-0.4, -0.2) is 11.5 Å². The Labute approximate surface area is 129 Å². The van der Waals surface area contributed by atoms with Gasteiger partial charge >= 0.3 is 0 Å². The molecule has 1 unspecified atom stereocenters. The lowest BCUT2D eigenvalue weighted by molar-refractivity contribution is 0.558. The van der Waals surface area contributed by atoms with Crippen molar-refractivity contribution in [2.75, 3.05) is 6.54 Å². The molecule has 1 aromatic heterocycles. The van der Waals surface area contributed by atoms with E-state index in [9.17, 15) is 4.39 Å². The molecular weight excluding hydrogens is 275 g/mol. The topological polar surface area (TPSA) is 27.8 Å². The van der Waals surface area contributed by atoms with Gasteiger partial charge in [-0.3, -0.25) is 0 Å². The van der Waals surface area contributed by atoms with Crippen molar-refractivity contribution in [2.45, 2.75) is 26.3 Å². The summed E-state index contributed by atoms with van der Waals surface area (Å²) in [4.78, 5) is 3.62. The Morgan fingerprint density at radius 1 is 1.09 bits per heavy atom. The molecule has 112 valence electrons. The SMILES string of the molecule is Cc1cc(C)c2[nH]c3c(c2c1)CCNC3c1ccc(F)cc1. The number of halogens is 1. The van der Waals surface area contributed by atoms with Crippen molar-refractivity contribution in [1.82, 2.24) is 10.3 Å². The molecule has 0 aliphatic carbocycles. The van der Waals surface area contributed by atoms with E-state index >= 15 is 0 Å². The number of fused-ring (bicyclic) bond motifs is 3. The van der Waals surface area contributed by atoms with Crippen molar-refractivity contribution in [3.8, 4) is 0 Å². The molecule has 4 rings (SSSR count). The Morgan fingerprint density at radius 3 is 2.64 bits per heavy atom. The molecule has 1 aliphatic heterocycles. The van der Waals surface area contributed by atoms with Crippen molar-refractivity contribution in [2.24, 2.45) is 0 Å². The normalized spacial score (nSPS) is 17.7. The molecule has 0 amide bonds. The van der Waals surface area contributed by atoms with Gasteiger partial charge in [-0.05, 0) is 55.2 Å². The molecule has 2 nitrogen and oxygen atoms in total. The third-order valence-corrected chi connectivity index (χ3v) is 4.61. The first-order chi connectivity index (χ1) is 10.6. The highest BCUT2D eigenvalue weighted by Gasteiger charge is 2.25. The Kier molecular flexibility index (Phi) is 3.05. The summed E-state index contributed by atoms with van der Waals surface area (Å²) >= 11 is 0. The van der Waals surface area contributed by atoms with E-state index in [1.165, 1.54) is 45.4 Å². The van der Waals surface area contributed by atoms with Gasteiger partial charge in [0.05, 0.1) is 6.04 Å². The number of rotatable bonds is 1. The number of nitrogens with one attached hydrogen (secondary N) is 2. The van der Waals surface area contributed by atoms with Crippen LogP contribution < -0.4 is 5.32 Å². The van der Waals surface area contributed by atoms with Crippen LogP contribution in [0.3, 0.4) is 0 Å². The van der Waals surface area contributed by atoms with E-state index in [1.807, 2.05) is 12.1 Å². The highest BCUT2D eigenvalue weighted by molar-refractivity contribution is 5.88. The monoisotopic (exact) mass is 294 g/mol. The summed E-state index contributed by atoms with van der Waals surface area (Å²) < 4.78 is 13.2. The number of aromatic nitrogens is 1. The van der Waals surface area contributed by atoms with Crippen LogP contribution in [0.1, 0.15) is 34.0 Å². The van der Waals surface area contributed by atoms with Gasteiger partial charge in [0.2, 0.25) is 0 Å². The van der Waals surface area contributed by atoms with Gasteiger partial charge in [-0.1, -0.05) is 23.8 Å². The molecule has 1 aliphatic rings. The third-order valence-electron chi connectivity index (χ3n) is 4.61. The lowest BCUT2D eigenvalue weighted by Crippen LogP contribution is -2.30. The molecule has 1 atom stereocenters. The zero-order valence-corrected chi connectivity index (χ0v) is 12.8. The van der Waals surface area contributed by atoms with Crippen LogP contribution in [0.15, 0.2) is 36.4 Å². The zero-order chi connectivity index (χ0) is 15.3. The van der Waals surface area contributed by atoms with Crippen molar-refractivity contribution in [3.05, 3.63) is 70.2 Å². The lowest BCUT2D eigenvalue weighted by atomic mass is 9.94. The smallest absolute Gasteiger partial charge is 0.123 e. The summed E-state index contributed by atoms with van der Waals surface area (Å²) in [7, 11) is 0. The molecule has 2 heterocycles. The number of H-pyrrole nitrogens is 1. The second kappa shape index (κ2) is 4.96. The second-order valence-electron chi connectivity index (χ2n) is 6.21. The van der Waals surface area contributed by atoms with Gasteiger partial charge < -0.3 is 10.3 Å². The van der Waals surface area contributed by atoms with Gasteiger partial charge in [0, 0.05) is 23.1 Å². The van der Waals surface area contributed by atoms with E-state index in [0.29, 0.717) is 0 Å². The van der Waals surface area contributed by atoms with Gasteiger partial charge in [-0.15, -0.1) is 0 Å². The highest BCUT2D eigenvalue weighted by atomic mass is 19.1. The molecule has 3 aromatic rings. The number of aryl methyl sites for hydroxylation is 2. The van der Waals surface area contributed by atoms with E-state index in [4.69, 9.17) is 0 Å². The molecule has 0 bridgehead atoms. The summed E-state index contributed by atoms with van der Waals surface area (Å²) in [6.07, 6.45) is 1.02. The van der Waals surface area contributed by atoms with Gasteiger partial charge in [-0.2, -0.15) is 0 Å². The van der Waals surface area contributed by atoms with E-state index in [0.717, 1.165) is 18.5 Å². The zero-order valence-electron chi connectivity index (χ0n) is 12.8. The molecular formula is C19H19FN2. The summed E-state index contributed by atoms with van der Waals surface area (Å²) in [6.45, 7) is 5.23. The summed E-state index contributed by atoms with van der Waals surface area (Å²) in [5, 5.41) is 4.89. The predicted octanol–water partition coefficient (Wildman–Crippen LogP) is 4.16. The van der Waals surface area contributed by atoms with E-state index in [1.54, 1.807) is 0 Å². The van der Waals surface area contributed by atoms with Crippen LogP contribution in [-0.2, 0) is 6.42 Å². The fourth-order valence-corrected chi connectivity index (χ4v) is 3.63. The second-order valence-corrected chi connectivity index (χ2v) is 6.21. The first-order valence-electron chi connectivity index (χ1n) is 7.74. The fraction of sp³-hybridized carbons (Fsp3) is 0.263. The quantitative estimate of drug-likeness (QED) is 0.693. The van der Waals surface area contributed by atoms with Crippen LogP contribution in [0.25, 0.3) is 10.9 Å². The number of aromatic amines is 1. The van der Waals surface area contributed by atoms with Crippen LogP contribution >= 0.6 is 0 Å². The lowest BCUT2D eigenvalue weighted by Gasteiger charge is -2.24. The highest BCUT2D eigenvalue weighted by Crippen LogP contribution is 2.35. The minimum atomic E-state index is -0.192. The Hall–Kier alpha value is -2.13. The van der Waals surface area contributed by atoms with Gasteiger partial charge in [0.1, 0.15) is 5.82 Å². The summed E-state index contributed by atoms with van der Waals surface area (Å²) in [5.41, 5.74) is 7.53. The average Bonchev–Trinajstić information content (AvgIpc) is 2.87. The van der Waals surface area contributed by atoms with Crippen LogP contribution in [0.2, 0.25) is 0 Å². The Morgan fingerprint density at radius 2 is 1.86 bits per heavy atom. The Balaban J connectivity index is 1.91. The minimum absolute atomic E-state index is 0.108. The Bertz CT molecular complexity index is 846. The molecule has 0 saturated heterocycles. The third kappa shape index (κ3) is 2.04. The summed E-state index contributed by atoms with van der Waals surface area (Å²) in [6, 6.07) is 11.4.